The number of rotatable bonds is 7. The van der Waals surface area contributed by atoms with Crippen LogP contribution < -0.4 is 5.32 Å². The second-order valence-corrected chi connectivity index (χ2v) is 10.6. The number of thioether (sulfide) groups is 1. The Bertz CT molecular complexity index is 698. The molecule has 4 atom stereocenters. The first kappa shape index (κ1) is 21.2. The van der Waals surface area contributed by atoms with E-state index in [1.54, 1.807) is 18.7 Å². The Labute approximate surface area is 176 Å². The molecule has 2 saturated heterocycles. The van der Waals surface area contributed by atoms with Gasteiger partial charge in [-0.05, 0) is 45.6 Å². The maximum absolute atomic E-state index is 12.4. The van der Waals surface area contributed by atoms with E-state index in [0.29, 0.717) is 11.3 Å². The number of carbonyl (C=O) groups is 2. The van der Waals surface area contributed by atoms with Gasteiger partial charge in [-0.15, -0.1) is 11.8 Å². The molecule has 0 aromatic heterocycles. The van der Waals surface area contributed by atoms with Gasteiger partial charge >= 0.3 is 5.97 Å². The Hall–Kier alpha value is -1.09. The average molecular weight is 424 g/mol. The van der Waals surface area contributed by atoms with Crippen LogP contribution in [0, 0.1) is 17.8 Å². The average Bonchev–Trinajstić information content (AvgIpc) is 2.89. The maximum atomic E-state index is 12.4. The Kier molecular flexibility index (Phi) is 5.99. The SMILES string of the molecule is CNC1CCC(CN2CC(SC3=C(C(=O)O)N4C(=O)C([C@@H](C)O)C4C3C)C2)CC1. The molecule has 0 aromatic rings. The summed E-state index contributed by atoms with van der Waals surface area (Å²) in [5.74, 6) is -1.03. The van der Waals surface area contributed by atoms with Gasteiger partial charge in [-0.25, -0.2) is 4.79 Å². The largest absolute Gasteiger partial charge is 0.477 e. The van der Waals surface area contributed by atoms with Gasteiger partial charge in [0, 0.05) is 41.7 Å². The standard InChI is InChI=1S/C21H33N3O4S/c1-11-17-16(12(2)25)20(26)24(17)18(21(27)28)19(11)29-15-9-23(10-15)8-13-4-6-14(22-3)7-5-13/h11-17,22,25H,4-10H2,1-3H3,(H,27,28)/t11?,12-,13?,14?,16?,17?/m1/s1. The van der Waals surface area contributed by atoms with Gasteiger partial charge in [0.2, 0.25) is 5.91 Å². The summed E-state index contributed by atoms with van der Waals surface area (Å²) in [5, 5.41) is 23.5. The molecule has 1 aliphatic carbocycles. The van der Waals surface area contributed by atoms with E-state index in [0.717, 1.165) is 30.5 Å². The van der Waals surface area contributed by atoms with Gasteiger partial charge in [0.25, 0.3) is 0 Å². The number of nitrogens with zero attached hydrogens (tertiary/aromatic N) is 2. The van der Waals surface area contributed by atoms with Crippen molar-refractivity contribution in [3.8, 4) is 0 Å². The fourth-order valence-electron chi connectivity index (χ4n) is 5.60. The van der Waals surface area contributed by atoms with E-state index in [2.05, 4.69) is 10.2 Å². The molecule has 0 radical (unpaired) electrons. The Morgan fingerprint density at radius 1 is 1.28 bits per heavy atom. The van der Waals surface area contributed by atoms with Gasteiger partial charge in [0.05, 0.1) is 18.1 Å². The third kappa shape index (κ3) is 3.73. The molecule has 0 aromatic carbocycles. The summed E-state index contributed by atoms with van der Waals surface area (Å²) in [6.07, 6.45) is 4.34. The quantitative estimate of drug-likeness (QED) is 0.532. The number of hydrogen-bond acceptors (Lipinski definition) is 6. The Morgan fingerprint density at radius 2 is 1.93 bits per heavy atom. The fourth-order valence-corrected chi connectivity index (χ4v) is 7.18. The number of carboxylic acids is 1. The first-order chi connectivity index (χ1) is 13.8. The Morgan fingerprint density at radius 3 is 2.48 bits per heavy atom. The molecule has 0 spiro atoms. The molecule has 4 rings (SSSR count). The lowest BCUT2D eigenvalue weighted by Gasteiger charge is -2.46. The minimum absolute atomic E-state index is 0.0331. The van der Waals surface area contributed by atoms with Crippen molar-refractivity contribution in [1.29, 1.82) is 0 Å². The highest BCUT2D eigenvalue weighted by Crippen LogP contribution is 2.52. The maximum Gasteiger partial charge on any atom is 0.353 e. The number of carbonyl (C=O) groups excluding carboxylic acids is 1. The van der Waals surface area contributed by atoms with Crippen LogP contribution in [-0.2, 0) is 9.59 Å². The van der Waals surface area contributed by atoms with Crippen LogP contribution in [0.25, 0.3) is 0 Å². The van der Waals surface area contributed by atoms with Gasteiger partial charge in [-0.3, -0.25) is 4.79 Å². The van der Waals surface area contributed by atoms with Crippen molar-refractivity contribution < 1.29 is 19.8 Å². The molecule has 3 unspecified atom stereocenters. The smallest absolute Gasteiger partial charge is 0.353 e. The summed E-state index contributed by atoms with van der Waals surface area (Å²) >= 11 is 1.64. The van der Waals surface area contributed by atoms with E-state index in [1.165, 1.54) is 30.6 Å². The van der Waals surface area contributed by atoms with Crippen LogP contribution in [0.5, 0.6) is 0 Å². The van der Waals surface area contributed by atoms with Gasteiger partial charge < -0.3 is 25.3 Å². The van der Waals surface area contributed by atoms with Crippen LogP contribution in [0.1, 0.15) is 39.5 Å². The zero-order valence-corrected chi connectivity index (χ0v) is 18.3. The number of hydrogen-bond donors (Lipinski definition) is 3. The molecule has 3 N–H and O–H groups in total. The van der Waals surface area contributed by atoms with Crippen molar-refractivity contribution in [2.24, 2.45) is 17.8 Å². The summed E-state index contributed by atoms with van der Waals surface area (Å²) in [6, 6.07) is 0.462. The number of β-lactam (4-membered cyclic amide) rings is 1. The number of fused-ring (bicyclic) bond motifs is 1. The number of likely N-dealkylation sites (tertiary alicyclic amines) is 1. The van der Waals surface area contributed by atoms with Crippen LogP contribution in [0.2, 0.25) is 0 Å². The minimum Gasteiger partial charge on any atom is -0.477 e. The zero-order valence-electron chi connectivity index (χ0n) is 17.5. The number of aliphatic hydroxyl groups excluding tert-OH is 1. The third-order valence-electron chi connectivity index (χ3n) is 7.30. The van der Waals surface area contributed by atoms with E-state index in [9.17, 15) is 19.8 Å². The second kappa shape index (κ2) is 8.21. The number of nitrogens with one attached hydrogen (secondary N) is 1. The fraction of sp³-hybridized carbons (Fsp3) is 0.810. The summed E-state index contributed by atoms with van der Waals surface area (Å²) in [6.45, 7) is 6.72. The monoisotopic (exact) mass is 423 g/mol. The minimum atomic E-state index is -1.03. The lowest BCUT2D eigenvalue weighted by molar-refractivity contribution is -0.163. The van der Waals surface area contributed by atoms with Crippen molar-refractivity contribution in [1.82, 2.24) is 15.1 Å². The lowest BCUT2D eigenvalue weighted by atomic mass is 9.79. The number of carboxylic acid groups (broad SMARTS) is 1. The van der Waals surface area contributed by atoms with Gasteiger partial charge in [-0.1, -0.05) is 6.92 Å². The predicted molar refractivity (Wildman–Crippen MR) is 112 cm³/mol. The predicted octanol–water partition coefficient (Wildman–Crippen LogP) is 1.34. The molecule has 3 heterocycles. The van der Waals surface area contributed by atoms with Crippen LogP contribution in [-0.4, -0.2) is 82.0 Å². The third-order valence-corrected chi connectivity index (χ3v) is 8.75. The molecule has 29 heavy (non-hydrogen) atoms. The van der Waals surface area contributed by atoms with E-state index < -0.39 is 18.0 Å². The van der Waals surface area contributed by atoms with Crippen LogP contribution in [0.15, 0.2) is 10.6 Å². The molecule has 8 heteroatoms. The summed E-state index contributed by atoms with van der Waals surface area (Å²) in [7, 11) is 2.05. The topological polar surface area (TPSA) is 93.1 Å². The zero-order chi connectivity index (χ0) is 20.9. The first-order valence-corrected chi connectivity index (χ1v) is 11.7. The molecular weight excluding hydrogens is 390 g/mol. The molecule has 1 amide bonds. The molecule has 0 bridgehead atoms. The van der Waals surface area contributed by atoms with Crippen LogP contribution in [0.4, 0.5) is 0 Å². The summed E-state index contributed by atoms with van der Waals surface area (Å²) in [4.78, 5) is 29.0. The second-order valence-electron chi connectivity index (χ2n) is 9.24. The lowest BCUT2D eigenvalue weighted by Crippen LogP contribution is -2.63. The van der Waals surface area contributed by atoms with Crippen molar-refractivity contribution in [2.75, 3.05) is 26.7 Å². The van der Waals surface area contributed by atoms with Crippen molar-refractivity contribution in [3.63, 3.8) is 0 Å². The molecule has 3 fully saturated rings. The van der Waals surface area contributed by atoms with Gasteiger partial charge in [0.15, 0.2) is 0 Å². The summed E-state index contributed by atoms with van der Waals surface area (Å²) < 4.78 is 0. The van der Waals surface area contributed by atoms with E-state index in [4.69, 9.17) is 0 Å². The highest BCUT2D eigenvalue weighted by Gasteiger charge is 2.60. The number of amides is 1. The molecule has 7 nitrogen and oxygen atoms in total. The van der Waals surface area contributed by atoms with E-state index in [-0.39, 0.29) is 23.6 Å². The molecule has 3 aliphatic heterocycles. The summed E-state index contributed by atoms with van der Waals surface area (Å²) in [5.41, 5.74) is 0.151. The van der Waals surface area contributed by atoms with Crippen LogP contribution >= 0.6 is 11.8 Å². The number of aliphatic carboxylic acids is 1. The highest BCUT2D eigenvalue weighted by atomic mass is 32.2. The molecule has 1 saturated carbocycles. The normalized spacial score (nSPS) is 36.6. The highest BCUT2D eigenvalue weighted by molar-refractivity contribution is 8.03. The van der Waals surface area contributed by atoms with Gasteiger partial charge in [-0.2, -0.15) is 0 Å². The Balaban J connectivity index is 1.33. The van der Waals surface area contributed by atoms with Crippen LogP contribution in [0.3, 0.4) is 0 Å². The first-order valence-electron chi connectivity index (χ1n) is 10.9. The van der Waals surface area contributed by atoms with E-state index >= 15 is 0 Å². The van der Waals surface area contributed by atoms with Crippen molar-refractivity contribution in [2.45, 2.75) is 63.0 Å². The molecule has 4 aliphatic rings. The van der Waals surface area contributed by atoms with Gasteiger partial charge in [0.1, 0.15) is 5.70 Å². The number of aliphatic hydroxyl groups is 1. The van der Waals surface area contributed by atoms with Crippen molar-refractivity contribution >= 4 is 23.6 Å². The molecular formula is C21H33N3O4S. The van der Waals surface area contributed by atoms with E-state index in [1.807, 2.05) is 14.0 Å². The molecule has 162 valence electrons. The van der Waals surface area contributed by atoms with Crippen molar-refractivity contribution in [3.05, 3.63) is 10.6 Å².